The number of amides is 1. The summed E-state index contributed by atoms with van der Waals surface area (Å²) in [6.07, 6.45) is 0.324. The van der Waals surface area contributed by atoms with Gasteiger partial charge in [0.15, 0.2) is 0 Å². The van der Waals surface area contributed by atoms with Gasteiger partial charge in [-0.25, -0.2) is 8.78 Å². The van der Waals surface area contributed by atoms with E-state index in [1.807, 2.05) is 0 Å². The SMILES string of the molecule is CN(Cc1ccc(F)cc1F)C(=O)C1CC1C(=O)O. The lowest BCUT2D eigenvalue weighted by atomic mass is 10.2. The molecule has 0 bridgehead atoms. The van der Waals surface area contributed by atoms with Crippen molar-refractivity contribution in [1.29, 1.82) is 0 Å². The number of rotatable bonds is 4. The maximum Gasteiger partial charge on any atom is 0.307 e. The molecule has 0 saturated heterocycles. The van der Waals surface area contributed by atoms with Gasteiger partial charge >= 0.3 is 5.97 Å². The molecule has 1 N–H and O–H groups in total. The van der Waals surface area contributed by atoms with Gasteiger partial charge in [-0.3, -0.25) is 9.59 Å². The predicted molar refractivity (Wildman–Crippen MR) is 62.1 cm³/mol. The Morgan fingerprint density at radius 2 is 2.05 bits per heavy atom. The third kappa shape index (κ3) is 2.89. The monoisotopic (exact) mass is 269 g/mol. The molecule has 0 aliphatic heterocycles. The highest BCUT2D eigenvalue weighted by molar-refractivity contribution is 5.89. The fourth-order valence-electron chi connectivity index (χ4n) is 2.01. The fourth-order valence-corrected chi connectivity index (χ4v) is 2.01. The van der Waals surface area contributed by atoms with Crippen molar-refractivity contribution in [2.75, 3.05) is 7.05 Å². The lowest BCUT2D eigenvalue weighted by molar-refractivity contribution is -0.141. The molecule has 2 rings (SSSR count). The zero-order valence-corrected chi connectivity index (χ0v) is 10.3. The van der Waals surface area contributed by atoms with Gasteiger partial charge in [-0.15, -0.1) is 0 Å². The molecule has 2 atom stereocenters. The maximum absolute atomic E-state index is 13.4. The molecule has 1 aromatic carbocycles. The van der Waals surface area contributed by atoms with Gasteiger partial charge in [-0.1, -0.05) is 6.07 Å². The second-order valence-electron chi connectivity index (χ2n) is 4.72. The van der Waals surface area contributed by atoms with Crippen LogP contribution in [0.1, 0.15) is 12.0 Å². The third-order valence-electron chi connectivity index (χ3n) is 3.22. The highest BCUT2D eigenvalue weighted by atomic mass is 19.1. The summed E-state index contributed by atoms with van der Waals surface area (Å²) in [5.41, 5.74) is 0.199. The number of aliphatic carboxylic acids is 1. The third-order valence-corrected chi connectivity index (χ3v) is 3.22. The fraction of sp³-hybridized carbons (Fsp3) is 0.385. The van der Waals surface area contributed by atoms with E-state index in [1.54, 1.807) is 0 Å². The molecular formula is C13H13F2NO3. The van der Waals surface area contributed by atoms with Crippen molar-refractivity contribution < 1.29 is 23.5 Å². The molecule has 1 aliphatic rings. The van der Waals surface area contributed by atoms with Crippen LogP contribution in [0.5, 0.6) is 0 Å². The van der Waals surface area contributed by atoms with Crippen LogP contribution in [0.15, 0.2) is 18.2 Å². The largest absolute Gasteiger partial charge is 0.481 e. The quantitative estimate of drug-likeness (QED) is 0.904. The standard InChI is InChI=1S/C13H13F2NO3/c1-16(12(17)9-5-10(9)13(18)19)6-7-2-3-8(14)4-11(7)15/h2-4,9-10H,5-6H2,1H3,(H,18,19). The summed E-state index contributed by atoms with van der Waals surface area (Å²) < 4.78 is 26.2. The number of hydrogen-bond acceptors (Lipinski definition) is 2. The predicted octanol–water partition coefficient (Wildman–Crippen LogP) is 1.64. The number of nitrogens with zero attached hydrogens (tertiary/aromatic N) is 1. The van der Waals surface area contributed by atoms with E-state index in [-0.39, 0.29) is 18.0 Å². The van der Waals surface area contributed by atoms with E-state index in [2.05, 4.69) is 0 Å². The Hall–Kier alpha value is -1.98. The molecule has 6 heteroatoms. The van der Waals surface area contributed by atoms with Gasteiger partial charge in [0, 0.05) is 25.2 Å². The van der Waals surface area contributed by atoms with Gasteiger partial charge in [0.05, 0.1) is 11.8 Å². The molecule has 1 aliphatic carbocycles. The molecule has 102 valence electrons. The van der Waals surface area contributed by atoms with Gasteiger partial charge in [0.25, 0.3) is 0 Å². The minimum absolute atomic E-state index is 0.00616. The van der Waals surface area contributed by atoms with E-state index in [0.29, 0.717) is 6.42 Å². The van der Waals surface area contributed by atoms with Crippen LogP contribution in [-0.2, 0) is 16.1 Å². The molecule has 0 spiro atoms. The van der Waals surface area contributed by atoms with Crippen LogP contribution >= 0.6 is 0 Å². The van der Waals surface area contributed by atoms with Crippen LogP contribution in [0, 0.1) is 23.5 Å². The van der Waals surface area contributed by atoms with E-state index in [4.69, 9.17) is 5.11 Å². The summed E-state index contributed by atoms with van der Waals surface area (Å²) in [6.45, 7) is -0.00616. The van der Waals surface area contributed by atoms with Crippen LogP contribution in [0.3, 0.4) is 0 Å². The molecule has 1 saturated carbocycles. The molecule has 19 heavy (non-hydrogen) atoms. The molecule has 1 aromatic rings. The van der Waals surface area contributed by atoms with E-state index in [1.165, 1.54) is 18.0 Å². The van der Waals surface area contributed by atoms with Crippen LogP contribution in [-0.4, -0.2) is 28.9 Å². The Kier molecular flexibility index (Phi) is 3.50. The van der Waals surface area contributed by atoms with Crippen LogP contribution < -0.4 is 0 Å². The Bertz CT molecular complexity index is 533. The average molecular weight is 269 g/mol. The number of carboxylic acid groups (broad SMARTS) is 1. The summed E-state index contributed by atoms with van der Waals surface area (Å²) in [5, 5.41) is 8.75. The Morgan fingerprint density at radius 3 is 2.58 bits per heavy atom. The molecule has 4 nitrogen and oxygen atoms in total. The van der Waals surface area contributed by atoms with E-state index in [9.17, 15) is 18.4 Å². The molecule has 0 heterocycles. The van der Waals surface area contributed by atoms with Crippen molar-refractivity contribution in [3.05, 3.63) is 35.4 Å². The Balaban J connectivity index is 1.99. The van der Waals surface area contributed by atoms with Gasteiger partial charge in [0.1, 0.15) is 11.6 Å². The minimum atomic E-state index is -0.986. The average Bonchev–Trinajstić information content (AvgIpc) is 3.11. The van der Waals surface area contributed by atoms with Crippen LogP contribution in [0.4, 0.5) is 8.78 Å². The minimum Gasteiger partial charge on any atom is -0.481 e. The van der Waals surface area contributed by atoms with Crippen molar-refractivity contribution in [3.8, 4) is 0 Å². The first-order valence-electron chi connectivity index (χ1n) is 5.82. The maximum atomic E-state index is 13.4. The molecular weight excluding hydrogens is 256 g/mol. The van der Waals surface area contributed by atoms with Crippen molar-refractivity contribution in [2.24, 2.45) is 11.8 Å². The summed E-state index contributed by atoms with van der Waals surface area (Å²) in [7, 11) is 1.47. The van der Waals surface area contributed by atoms with Gasteiger partial charge < -0.3 is 10.0 Å². The van der Waals surface area contributed by atoms with Gasteiger partial charge in [-0.05, 0) is 12.5 Å². The Morgan fingerprint density at radius 1 is 1.37 bits per heavy atom. The number of benzene rings is 1. The zero-order chi connectivity index (χ0) is 14.2. The van der Waals surface area contributed by atoms with E-state index in [0.717, 1.165) is 12.1 Å². The van der Waals surface area contributed by atoms with E-state index >= 15 is 0 Å². The first kappa shape index (κ1) is 13.5. The Labute approximate surface area is 108 Å². The number of carboxylic acids is 1. The summed E-state index contributed by atoms with van der Waals surface area (Å²) in [5.74, 6) is -3.86. The van der Waals surface area contributed by atoms with E-state index < -0.39 is 29.4 Å². The smallest absolute Gasteiger partial charge is 0.307 e. The van der Waals surface area contributed by atoms with Gasteiger partial charge in [-0.2, -0.15) is 0 Å². The highest BCUT2D eigenvalue weighted by Gasteiger charge is 2.49. The van der Waals surface area contributed by atoms with Crippen LogP contribution in [0.25, 0.3) is 0 Å². The molecule has 1 fully saturated rings. The van der Waals surface area contributed by atoms with Crippen molar-refractivity contribution in [2.45, 2.75) is 13.0 Å². The highest BCUT2D eigenvalue weighted by Crippen LogP contribution is 2.40. The summed E-state index contributed by atoms with van der Waals surface area (Å²) in [6, 6.07) is 3.15. The van der Waals surface area contributed by atoms with Crippen molar-refractivity contribution in [3.63, 3.8) is 0 Å². The first-order chi connectivity index (χ1) is 8.90. The zero-order valence-electron chi connectivity index (χ0n) is 10.3. The normalized spacial score (nSPS) is 21.0. The topological polar surface area (TPSA) is 57.6 Å². The van der Waals surface area contributed by atoms with Crippen LogP contribution in [0.2, 0.25) is 0 Å². The molecule has 0 radical (unpaired) electrons. The number of carbonyl (C=O) groups excluding carboxylic acids is 1. The number of carbonyl (C=O) groups is 2. The number of halogens is 2. The van der Waals surface area contributed by atoms with Crippen molar-refractivity contribution in [1.82, 2.24) is 4.90 Å². The van der Waals surface area contributed by atoms with Crippen molar-refractivity contribution >= 4 is 11.9 Å². The molecule has 2 unspecified atom stereocenters. The molecule has 0 aromatic heterocycles. The molecule has 1 amide bonds. The summed E-state index contributed by atoms with van der Waals surface area (Å²) >= 11 is 0. The number of hydrogen-bond donors (Lipinski definition) is 1. The second-order valence-corrected chi connectivity index (χ2v) is 4.72. The first-order valence-corrected chi connectivity index (χ1v) is 5.82. The lowest BCUT2D eigenvalue weighted by Gasteiger charge is -2.17. The lowest BCUT2D eigenvalue weighted by Crippen LogP contribution is -2.29. The second kappa shape index (κ2) is 4.95. The van der Waals surface area contributed by atoms with Gasteiger partial charge in [0.2, 0.25) is 5.91 Å². The summed E-state index contributed by atoms with van der Waals surface area (Å²) in [4.78, 5) is 23.8.